The molecule has 0 unspecified atom stereocenters. The number of rotatable bonds is 8. The number of unbranched alkanes of at least 4 members (excludes halogenated alkanes) is 3. The van der Waals surface area contributed by atoms with Crippen molar-refractivity contribution in [2.75, 3.05) is 0 Å². The topological polar surface area (TPSA) is 12.9 Å². The summed E-state index contributed by atoms with van der Waals surface area (Å²) in [6.07, 6.45) is 16.7. The van der Waals surface area contributed by atoms with Gasteiger partial charge in [0, 0.05) is 11.8 Å². The molecule has 154 valence electrons. The van der Waals surface area contributed by atoms with Crippen molar-refractivity contribution in [2.24, 2.45) is 5.92 Å². The number of hydrogen-bond donors (Lipinski definition) is 0. The van der Waals surface area contributed by atoms with E-state index < -0.39 is 0 Å². The van der Waals surface area contributed by atoms with Crippen molar-refractivity contribution in [1.82, 2.24) is 4.98 Å². The Labute approximate surface area is 178 Å². The molecule has 0 saturated heterocycles. The monoisotopic (exact) mass is 387 g/mol. The molecule has 1 aliphatic carbocycles. The van der Waals surface area contributed by atoms with Gasteiger partial charge in [-0.15, -0.1) is 0 Å². The van der Waals surface area contributed by atoms with Gasteiger partial charge < -0.3 is 0 Å². The molecule has 1 fully saturated rings. The average Bonchev–Trinajstić information content (AvgIpc) is 2.78. The number of aryl methyl sites for hydroxylation is 1. The maximum absolute atomic E-state index is 4.50. The van der Waals surface area contributed by atoms with E-state index in [1.165, 1.54) is 75.3 Å². The van der Waals surface area contributed by atoms with Crippen LogP contribution in [0, 0.1) is 17.8 Å². The lowest BCUT2D eigenvalue weighted by molar-refractivity contribution is 0.303. The van der Waals surface area contributed by atoms with Crippen LogP contribution < -0.4 is 0 Å². The van der Waals surface area contributed by atoms with Crippen LogP contribution in [0.3, 0.4) is 0 Å². The Hall–Kier alpha value is -2.07. The summed E-state index contributed by atoms with van der Waals surface area (Å²) in [6.45, 7) is 4.52. The molecule has 29 heavy (non-hydrogen) atoms. The van der Waals surface area contributed by atoms with Crippen molar-refractivity contribution in [2.45, 2.75) is 90.4 Å². The highest BCUT2D eigenvalue weighted by molar-refractivity contribution is 5.41. The van der Waals surface area contributed by atoms with Crippen LogP contribution in [-0.4, -0.2) is 4.98 Å². The van der Waals surface area contributed by atoms with Gasteiger partial charge in [0.1, 0.15) is 5.69 Å². The minimum atomic E-state index is 0.747. The zero-order valence-electron chi connectivity index (χ0n) is 18.4. The summed E-state index contributed by atoms with van der Waals surface area (Å²) >= 11 is 0. The number of pyridine rings is 1. The van der Waals surface area contributed by atoms with Crippen molar-refractivity contribution in [3.63, 3.8) is 0 Å². The van der Waals surface area contributed by atoms with Crippen molar-refractivity contribution in [3.05, 3.63) is 65.0 Å². The largest absolute Gasteiger partial charge is 0.248 e. The van der Waals surface area contributed by atoms with Crippen molar-refractivity contribution in [3.8, 4) is 11.8 Å². The molecule has 1 saturated carbocycles. The van der Waals surface area contributed by atoms with Gasteiger partial charge in [0.15, 0.2) is 0 Å². The highest BCUT2D eigenvalue weighted by Crippen LogP contribution is 2.37. The molecular formula is C28H37N. The van der Waals surface area contributed by atoms with Crippen LogP contribution in [0.4, 0.5) is 0 Å². The molecule has 1 aromatic carbocycles. The van der Waals surface area contributed by atoms with Crippen LogP contribution in [0.1, 0.15) is 106 Å². The third kappa shape index (κ3) is 7.04. The van der Waals surface area contributed by atoms with E-state index in [1.54, 1.807) is 0 Å². The zero-order valence-corrected chi connectivity index (χ0v) is 18.4. The van der Waals surface area contributed by atoms with E-state index in [0.29, 0.717) is 0 Å². The smallest absolute Gasteiger partial charge is 0.113 e. The second-order valence-corrected chi connectivity index (χ2v) is 8.74. The van der Waals surface area contributed by atoms with Crippen LogP contribution in [0.2, 0.25) is 0 Å². The van der Waals surface area contributed by atoms with E-state index in [0.717, 1.165) is 29.5 Å². The van der Waals surface area contributed by atoms with Gasteiger partial charge in [-0.05, 0) is 85.6 Å². The number of benzene rings is 1. The molecular weight excluding hydrogens is 350 g/mol. The minimum absolute atomic E-state index is 0.747. The van der Waals surface area contributed by atoms with Gasteiger partial charge in [0.25, 0.3) is 0 Å². The van der Waals surface area contributed by atoms with Gasteiger partial charge >= 0.3 is 0 Å². The van der Waals surface area contributed by atoms with E-state index in [-0.39, 0.29) is 0 Å². The molecule has 1 nitrogen and oxygen atoms in total. The molecule has 0 bridgehead atoms. The standard InChI is InChI=1S/C28H37N/c1-3-5-7-9-23-10-16-26(17-11-23)27-18-12-24(13-19-27)14-20-28-21-15-25(22-29-28)8-6-4-2/h12-13,15,18-19,21-23,26H,3-11,16-17H2,1-2H3/t23-,26-. The lowest BCUT2D eigenvalue weighted by Crippen LogP contribution is -2.13. The van der Waals surface area contributed by atoms with Crippen LogP contribution >= 0.6 is 0 Å². The molecule has 3 rings (SSSR count). The highest BCUT2D eigenvalue weighted by Gasteiger charge is 2.21. The molecule has 0 spiro atoms. The first-order chi connectivity index (χ1) is 14.3. The molecule has 1 aliphatic rings. The lowest BCUT2D eigenvalue weighted by atomic mass is 9.77. The summed E-state index contributed by atoms with van der Waals surface area (Å²) in [6, 6.07) is 13.2. The third-order valence-electron chi connectivity index (χ3n) is 6.42. The molecule has 0 atom stereocenters. The Morgan fingerprint density at radius 3 is 2.24 bits per heavy atom. The Morgan fingerprint density at radius 1 is 0.828 bits per heavy atom. The lowest BCUT2D eigenvalue weighted by Gasteiger charge is -2.29. The van der Waals surface area contributed by atoms with E-state index in [4.69, 9.17) is 0 Å². The molecule has 1 aromatic heterocycles. The van der Waals surface area contributed by atoms with E-state index in [1.807, 2.05) is 12.3 Å². The maximum atomic E-state index is 4.50. The molecule has 2 aromatic rings. The first-order valence-electron chi connectivity index (χ1n) is 11.9. The normalized spacial score (nSPS) is 18.8. The number of aromatic nitrogens is 1. The van der Waals surface area contributed by atoms with Crippen molar-refractivity contribution < 1.29 is 0 Å². The van der Waals surface area contributed by atoms with Crippen LogP contribution in [0.25, 0.3) is 0 Å². The number of nitrogens with zero attached hydrogens (tertiary/aromatic N) is 1. The Balaban J connectivity index is 1.50. The fraction of sp³-hybridized carbons (Fsp3) is 0.536. The highest BCUT2D eigenvalue weighted by atomic mass is 14.7. The molecule has 0 radical (unpaired) electrons. The predicted molar refractivity (Wildman–Crippen MR) is 124 cm³/mol. The van der Waals surface area contributed by atoms with E-state index in [2.05, 4.69) is 61.0 Å². The van der Waals surface area contributed by atoms with Gasteiger partial charge in [-0.3, -0.25) is 0 Å². The summed E-state index contributed by atoms with van der Waals surface area (Å²) in [7, 11) is 0. The molecule has 0 aliphatic heterocycles. The number of hydrogen-bond acceptors (Lipinski definition) is 1. The first-order valence-corrected chi connectivity index (χ1v) is 11.9. The minimum Gasteiger partial charge on any atom is -0.248 e. The zero-order chi connectivity index (χ0) is 20.3. The second kappa shape index (κ2) is 11.8. The van der Waals surface area contributed by atoms with Gasteiger partial charge in [0.05, 0.1) is 0 Å². The Bertz CT molecular complexity index is 768. The predicted octanol–water partition coefficient (Wildman–Crippen LogP) is 7.68. The summed E-state index contributed by atoms with van der Waals surface area (Å²) in [5.74, 6) is 8.21. The summed E-state index contributed by atoms with van der Waals surface area (Å²) in [5, 5.41) is 0. The quantitative estimate of drug-likeness (QED) is 0.334. The fourth-order valence-corrected chi connectivity index (χ4v) is 4.47. The molecule has 1 heterocycles. The van der Waals surface area contributed by atoms with Gasteiger partial charge in [-0.1, -0.05) is 70.1 Å². The van der Waals surface area contributed by atoms with Gasteiger partial charge in [0.2, 0.25) is 0 Å². The third-order valence-corrected chi connectivity index (χ3v) is 6.42. The maximum Gasteiger partial charge on any atom is 0.113 e. The van der Waals surface area contributed by atoms with Crippen LogP contribution in [0.5, 0.6) is 0 Å². The molecule has 0 N–H and O–H groups in total. The fourth-order valence-electron chi connectivity index (χ4n) is 4.47. The summed E-state index contributed by atoms with van der Waals surface area (Å²) in [4.78, 5) is 4.50. The van der Waals surface area contributed by atoms with E-state index >= 15 is 0 Å². The average molecular weight is 388 g/mol. The summed E-state index contributed by atoms with van der Waals surface area (Å²) < 4.78 is 0. The van der Waals surface area contributed by atoms with Gasteiger partial charge in [-0.25, -0.2) is 4.98 Å². The first kappa shape index (κ1) is 21.6. The van der Waals surface area contributed by atoms with E-state index in [9.17, 15) is 0 Å². The SMILES string of the molecule is CCCCC[C@H]1CC[C@H](c2ccc(C#Cc3ccc(CCCC)cn3)cc2)CC1. The van der Waals surface area contributed by atoms with Crippen molar-refractivity contribution in [1.29, 1.82) is 0 Å². The summed E-state index contributed by atoms with van der Waals surface area (Å²) in [5.41, 5.74) is 4.75. The Morgan fingerprint density at radius 2 is 1.59 bits per heavy atom. The van der Waals surface area contributed by atoms with Crippen LogP contribution in [0.15, 0.2) is 42.6 Å². The van der Waals surface area contributed by atoms with Crippen molar-refractivity contribution >= 4 is 0 Å². The van der Waals surface area contributed by atoms with Gasteiger partial charge in [-0.2, -0.15) is 0 Å². The Kier molecular flexibility index (Phi) is 8.82. The molecule has 0 amide bonds. The molecule has 1 heteroatoms. The second-order valence-electron chi connectivity index (χ2n) is 8.74. The van der Waals surface area contributed by atoms with Crippen LogP contribution in [-0.2, 0) is 6.42 Å².